The fourth-order valence-electron chi connectivity index (χ4n) is 2.21. The highest BCUT2D eigenvalue weighted by molar-refractivity contribution is 6.30. The Balaban J connectivity index is 1.81. The maximum atomic E-state index is 12.0. The number of hydrogen-bond acceptors (Lipinski definition) is 3. The normalized spacial score (nSPS) is 11.6. The molecule has 23 heavy (non-hydrogen) atoms. The molecule has 2 aromatic rings. The Morgan fingerprint density at radius 3 is 2.57 bits per heavy atom. The van der Waals surface area contributed by atoms with Gasteiger partial charge in [-0.25, -0.2) is 0 Å². The smallest absolute Gasteiger partial charge is 0.223 e. The van der Waals surface area contributed by atoms with E-state index in [0.717, 1.165) is 11.3 Å². The van der Waals surface area contributed by atoms with Crippen molar-refractivity contribution in [2.45, 2.75) is 19.4 Å². The van der Waals surface area contributed by atoms with Crippen molar-refractivity contribution in [3.8, 4) is 11.5 Å². The minimum absolute atomic E-state index is 0.0719. The van der Waals surface area contributed by atoms with Crippen molar-refractivity contribution in [3.63, 3.8) is 0 Å². The lowest BCUT2D eigenvalue weighted by molar-refractivity contribution is -0.122. The van der Waals surface area contributed by atoms with Crippen molar-refractivity contribution < 1.29 is 14.3 Å². The summed E-state index contributed by atoms with van der Waals surface area (Å²) in [7, 11) is 1.62. The molecule has 4 nitrogen and oxygen atoms in total. The molecule has 1 atom stereocenters. The second-order valence-corrected chi connectivity index (χ2v) is 5.52. The molecule has 0 bridgehead atoms. The highest BCUT2D eigenvalue weighted by Crippen LogP contribution is 2.24. The van der Waals surface area contributed by atoms with Crippen LogP contribution in [0.15, 0.2) is 48.5 Å². The van der Waals surface area contributed by atoms with Gasteiger partial charge in [0, 0.05) is 10.6 Å². The molecular weight excluding hydrogens is 314 g/mol. The summed E-state index contributed by atoms with van der Waals surface area (Å²) in [4.78, 5) is 12.0. The number of amides is 1. The third kappa shape index (κ3) is 5.18. The van der Waals surface area contributed by atoms with Gasteiger partial charge in [0.15, 0.2) is 0 Å². The van der Waals surface area contributed by atoms with Crippen LogP contribution in [0, 0.1) is 0 Å². The molecule has 0 aromatic heterocycles. The first-order chi connectivity index (χ1) is 11.1. The summed E-state index contributed by atoms with van der Waals surface area (Å²) < 4.78 is 10.8. The number of hydrogen-bond donors (Lipinski definition) is 1. The van der Waals surface area contributed by atoms with E-state index in [1.807, 2.05) is 31.2 Å². The minimum atomic E-state index is -0.130. The largest absolute Gasteiger partial charge is 0.496 e. The molecule has 5 heteroatoms. The van der Waals surface area contributed by atoms with Gasteiger partial charge in [-0.15, -0.1) is 0 Å². The van der Waals surface area contributed by atoms with E-state index < -0.39 is 0 Å². The van der Waals surface area contributed by atoms with E-state index >= 15 is 0 Å². The van der Waals surface area contributed by atoms with Gasteiger partial charge in [-0.1, -0.05) is 29.8 Å². The summed E-state index contributed by atoms with van der Waals surface area (Å²) in [6.07, 6.45) is 0.280. The van der Waals surface area contributed by atoms with Crippen LogP contribution in [0.3, 0.4) is 0 Å². The maximum Gasteiger partial charge on any atom is 0.223 e. The fraction of sp³-hybridized carbons (Fsp3) is 0.278. The number of benzene rings is 2. The number of methoxy groups -OCH3 is 1. The number of carbonyl (C=O) groups is 1. The van der Waals surface area contributed by atoms with Gasteiger partial charge in [0.2, 0.25) is 5.91 Å². The number of rotatable bonds is 7. The Kier molecular flexibility index (Phi) is 6.29. The van der Waals surface area contributed by atoms with Gasteiger partial charge < -0.3 is 14.8 Å². The molecule has 2 aromatic carbocycles. The number of ether oxygens (including phenoxy) is 2. The SMILES string of the molecule is COc1ccccc1[C@H](C)NC(=O)CCOc1ccc(Cl)cc1. The van der Waals surface area contributed by atoms with Crippen LogP contribution >= 0.6 is 11.6 Å². The Labute approximate surface area is 141 Å². The predicted octanol–water partition coefficient (Wildman–Crippen LogP) is 3.99. The van der Waals surface area contributed by atoms with Crippen LogP contribution < -0.4 is 14.8 Å². The van der Waals surface area contributed by atoms with E-state index in [4.69, 9.17) is 21.1 Å². The van der Waals surface area contributed by atoms with Crippen molar-refractivity contribution in [1.82, 2.24) is 5.32 Å². The van der Waals surface area contributed by atoms with Crippen LogP contribution in [0.2, 0.25) is 5.02 Å². The molecule has 0 radical (unpaired) electrons. The zero-order valence-corrected chi connectivity index (χ0v) is 14.0. The molecule has 0 aliphatic heterocycles. The monoisotopic (exact) mass is 333 g/mol. The Hall–Kier alpha value is -2.20. The van der Waals surface area contributed by atoms with Crippen LogP contribution in [-0.4, -0.2) is 19.6 Å². The Bertz CT molecular complexity index is 643. The molecule has 0 fully saturated rings. The topological polar surface area (TPSA) is 47.6 Å². The van der Waals surface area contributed by atoms with Gasteiger partial charge in [-0.3, -0.25) is 4.79 Å². The molecule has 0 heterocycles. The average molecular weight is 334 g/mol. The van der Waals surface area contributed by atoms with Gasteiger partial charge in [-0.2, -0.15) is 0 Å². The van der Waals surface area contributed by atoms with E-state index in [9.17, 15) is 4.79 Å². The molecule has 0 aliphatic carbocycles. The first-order valence-corrected chi connectivity index (χ1v) is 7.78. The van der Waals surface area contributed by atoms with Gasteiger partial charge in [0.1, 0.15) is 11.5 Å². The number of para-hydroxylation sites is 1. The third-order valence-corrected chi connectivity index (χ3v) is 3.65. The van der Waals surface area contributed by atoms with E-state index in [-0.39, 0.29) is 18.4 Å². The molecule has 122 valence electrons. The van der Waals surface area contributed by atoms with Gasteiger partial charge >= 0.3 is 0 Å². The summed E-state index contributed by atoms with van der Waals surface area (Å²) in [5.41, 5.74) is 0.946. The molecule has 0 aliphatic rings. The Morgan fingerprint density at radius 2 is 1.87 bits per heavy atom. The second kappa shape index (κ2) is 8.44. The molecule has 0 spiro atoms. The van der Waals surface area contributed by atoms with E-state index in [0.29, 0.717) is 17.4 Å². The predicted molar refractivity (Wildman–Crippen MR) is 91.1 cm³/mol. The quantitative estimate of drug-likeness (QED) is 0.833. The maximum absolute atomic E-state index is 12.0. The standard InChI is InChI=1S/C18H20ClNO3/c1-13(16-5-3-4-6-17(16)22-2)20-18(21)11-12-23-15-9-7-14(19)8-10-15/h3-10,13H,11-12H2,1-2H3,(H,20,21)/t13-/m0/s1. The van der Waals surface area contributed by atoms with Gasteiger partial charge in [0.05, 0.1) is 26.2 Å². The van der Waals surface area contributed by atoms with Crippen LogP contribution in [0.4, 0.5) is 0 Å². The first kappa shape index (κ1) is 17.2. The van der Waals surface area contributed by atoms with E-state index in [1.165, 1.54) is 0 Å². The van der Waals surface area contributed by atoms with Crippen molar-refractivity contribution in [2.75, 3.05) is 13.7 Å². The van der Waals surface area contributed by atoms with Crippen molar-refractivity contribution in [2.24, 2.45) is 0 Å². The van der Waals surface area contributed by atoms with Crippen molar-refractivity contribution in [3.05, 3.63) is 59.1 Å². The number of nitrogens with one attached hydrogen (secondary N) is 1. The highest BCUT2D eigenvalue weighted by Gasteiger charge is 2.13. The van der Waals surface area contributed by atoms with E-state index in [2.05, 4.69) is 5.32 Å². The van der Waals surface area contributed by atoms with Crippen LogP contribution in [0.5, 0.6) is 11.5 Å². The summed E-state index contributed by atoms with van der Waals surface area (Å²) in [6, 6.07) is 14.6. The molecule has 1 N–H and O–H groups in total. The van der Waals surface area contributed by atoms with Crippen LogP contribution in [0.1, 0.15) is 24.9 Å². The summed E-state index contributed by atoms with van der Waals surface area (Å²) in [6.45, 7) is 2.24. The van der Waals surface area contributed by atoms with Crippen LogP contribution in [-0.2, 0) is 4.79 Å². The second-order valence-electron chi connectivity index (χ2n) is 5.08. The third-order valence-electron chi connectivity index (χ3n) is 3.39. The average Bonchev–Trinajstić information content (AvgIpc) is 2.56. The Morgan fingerprint density at radius 1 is 1.17 bits per heavy atom. The number of carbonyl (C=O) groups excluding carboxylic acids is 1. The minimum Gasteiger partial charge on any atom is -0.496 e. The van der Waals surface area contributed by atoms with E-state index in [1.54, 1.807) is 31.4 Å². The zero-order valence-electron chi connectivity index (χ0n) is 13.2. The van der Waals surface area contributed by atoms with Gasteiger partial charge in [-0.05, 0) is 37.3 Å². The lowest BCUT2D eigenvalue weighted by atomic mass is 10.1. The molecule has 1 amide bonds. The summed E-state index contributed by atoms with van der Waals surface area (Å²) in [5, 5.41) is 3.60. The first-order valence-electron chi connectivity index (χ1n) is 7.41. The molecular formula is C18H20ClNO3. The van der Waals surface area contributed by atoms with Gasteiger partial charge in [0.25, 0.3) is 0 Å². The van der Waals surface area contributed by atoms with Crippen LogP contribution in [0.25, 0.3) is 0 Å². The zero-order chi connectivity index (χ0) is 16.7. The molecule has 0 saturated heterocycles. The molecule has 0 unspecified atom stereocenters. The fourth-order valence-corrected chi connectivity index (χ4v) is 2.33. The summed E-state index contributed by atoms with van der Waals surface area (Å²) in [5.74, 6) is 1.38. The molecule has 0 saturated carbocycles. The molecule has 2 rings (SSSR count). The van der Waals surface area contributed by atoms with Crippen molar-refractivity contribution in [1.29, 1.82) is 0 Å². The summed E-state index contributed by atoms with van der Waals surface area (Å²) >= 11 is 5.81. The lowest BCUT2D eigenvalue weighted by Gasteiger charge is -2.17. The lowest BCUT2D eigenvalue weighted by Crippen LogP contribution is -2.28. The number of halogens is 1. The van der Waals surface area contributed by atoms with Crippen molar-refractivity contribution >= 4 is 17.5 Å². The highest BCUT2D eigenvalue weighted by atomic mass is 35.5.